The molecule has 5 heterocycles. The first-order valence-corrected chi connectivity index (χ1v) is 13.4. The van der Waals surface area contributed by atoms with Crippen LogP contribution in [0.3, 0.4) is 0 Å². The van der Waals surface area contributed by atoms with Crippen LogP contribution in [-0.4, -0.2) is 54.9 Å². The number of fused-ring (bicyclic) bond motifs is 2. The Bertz CT molecular complexity index is 1590. The van der Waals surface area contributed by atoms with Crippen LogP contribution in [0.2, 0.25) is 0 Å². The number of piperidine rings is 1. The number of hydrogen-bond donors (Lipinski definition) is 2. The van der Waals surface area contributed by atoms with Gasteiger partial charge < -0.3 is 20.7 Å². The van der Waals surface area contributed by atoms with Crippen LogP contribution in [-0.2, 0) is 4.74 Å². The Balaban J connectivity index is 1.17. The van der Waals surface area contributed by atoms with Crippen molar-refractivity contribution in [3.8, 4) is 11.3 Å². The summed E-state index contributed by atoms with van der Waals surface area (Å²) in [7, 11) is 0. The largest absolute Gasteiger partial charge is 0.444 e. The van der Waals surface area contributed by atoms with E-state index in [2.05, 4.69) is 15.3 Å². The topological polar surface area (TPSA) is 128 Å². The lowest BCUT2D eigenvalue weighted by molar-refractivity contribution is 0.102. The van der Waals surface area contributed by atoms with Crippen molar-refractivity contribution in [2.45, 2.75) is 56.6 Å². The number of cyclic esters (lactones) is 1. The quantitative estimate of drug-likeness (QED) is 0.392. The Morgan fingerprint density at radius 3 is 2.64 bits per heavy atom. The Kier molecular flexibility index (Phi) is 5.50. The number of carbonyl (C=O) groups excluding carboxylic acids is 2. The van der Waals surface area contributed by atoms with Crippen LogP contribution < -0.4 is 11.1 Å². The third-order valence-corrected chi connectivity index (χ3v) is 8.16. The Morgan fingerprint density at radius 2 is 1.85 bits per heavy atom. The van der Waals surface area contributed by atoms with Gasteiger partial charge in [0.2, 0.25) is 0 Å². The number of ether oxygens (including phenoxy) is 1. The number of nitrogens with two attached hydrogens (primary N) is 1. The van der Waals surface area contributed by atoms with E-state index in [0.717, 1.165) is 24.2 Å². The summed E-state index contributed by atoms with van der Waals surface area (Å²) in [6, 6.07) is 11.4. The van der Waals surface area contributed by atoms with Crippen LogP contribution in [0.25, 0.3) is 16.8 Å². The van der Waals surface area contributed by atoms with E-state index < -0.39 is 0 Å². The van der Waals surface area contributed by atoms with Crippen LogP contribution in [0.1, 0.15) is 66.2 Å². The molecule has 2 amide bonds. The minimum atomic E-state index is -0.261. The highest BCUT2D eigenvalue weighted by molar-refractivity contribution is 6.04. The third kappa shape index (κ3) is 4.16. The third-order valence-electron chi connectivity index (χ3n) is 8.16. The van der Waals surface area contributed by atoms with Crippen molar-refractivity contribution in [2.75, 3.05) is 17.6 Å². The summed E-state index contributed by atoms with van der Waals surface area (Å²) in [5.74, 6) is 2.17. The van der Waals surface area contributed by atoms with E-state index in [9.17, 15) is 9.59 Å². The SMILES string of the molecule is CC1OC(=O)N2CC(c3nc(-c4ccc(C(=O)Nc5cc(C6CC6)ccn5)cc4)c4c(N)nccn34)CCC12. The summed E-state index contributed by atoms with van der Waals surface area (Å²) in [4.78, 5) is 40.8. The summed E-state index contributed by atoms with van der Waals surface area (Å²) in [5, 5.41) is 2.91. The lowest BCUT2D eigenvalue weighted by Crippen LogP contribution is -2.43. The summed E-state index contributed by atoms with van der Waals surface area (Å²) in [6.45, 7) is 2.49. The van der Waals surface area contributed by atoms with Crippen molar-refractivity contribution < 1.29 is 14.3 Å². The number of nitrogens with zero attached hydrogens (tertiary/aromatic N) is 5. The molecule has 10 heteroatoms. The van der Waals surface area contributed by atoms with Gasteiger partial charge in [-0.15, -0.1) is 0 Å². The van der Waals surface area contributed by atoms with Gasteiger partial charge >= 0.3 is 6.09 Å². The van der Waals surface area contributed by atoms with E-state index in [4.69, 9.17) is 15.5 Å². The summed E-state index contributed by atoms with van der Waals surface area (Å²) < 4.78 is 7.43. The molecule has 0 bridgehead atoms. The fourth-order valence-corrected chi connectivity index (χ4v) is 5.94. The normalized spacial score (nSPS) is 22.5. The highest BCUT2D eigenvalue weighted by Gasteiger charge is 2.44. The molecule has 3 unspecified atom stereocenters. The second-order valence-corrected chi connectivity index (χ2v) is 10.7. The van der Waals surface area contributed by atoms with Crippen molar-refractivity contribution in [3.05, 3.63) is 71.9 Å². The van der Waals surface area contributed by atoms with E-state index in [-0.39, 0.29) is 30.1 Å². The van der Waals surface area contributed by atoms with E-state index in [1.807, 2.05) is 46.7 Å². The van der Waals surface area contributed by atoms with E-state index in [0.29, 0.717) is 40.9 Å². The van der Waals surface area contributed by atoms with Gasteiger partial charge in [-0.1, -0.05) is 12.1 Å². The molecule has 0 radical (unpaired) electrons. The van der Waals surface area contributed by atoms with Crippen LogP contribution in [0, 0.1) is 0 Å². The van der Waals surface area contributed by atoms with Gasteiger partial charge in [-0.2, -0.15) is 0 Å². The first-order valence-electron chi connectivity index (χ1n) is 13.4. The molecule has 0 spiro atoms. The maximum absolute atomic E-state index is 12.9. The van der Waals surface area contributed by atoms with Gasteiger partial charge in [0, 0.05) is 42.2 Å². The van der Waals surface area contributed by atoms with Gasteiger partial charge in [-0.25, -0.2) is 19.7 Å². The second-order valence-electron chi connectivity index (χ2n) is 10.7. The molecule has 1 saturated carbocycles. The number of anilines is 2. The fraction of sp³-hybridized carbons (Fsp3) is 0.345. The first kappa shape index (κ1) is 23.6. The molecule has 1 aliphatic carbocycles. The average molecular weight is 524 g/mol. The van der Waals surface area contributed by atoms with Gasteiger partial charge in [0.25, 0.3) is 5.91 Å². The van der Waals surface area contributed by atoms with Crippen molar-refractivity contribution in [2.24, 2.45) is 0 Å². The summed E-state index contributed by atoms with van der Waals surface area (Å²) in [6.07, 6.45) is 9.02. The Morgan fingerprint density at radius 1 is 1.05 bits per heavy atom. The molecular formula is C29H29N7O3. The maximum atomic E-state index is 12.9. The number of benzene rings is 1. The van der Waals surface area contributed by atoms with Gasteiger partial charge in [-0.05, 0) is 68.4 Å². The maximum Gasteiger partial charge on any atom is 0.410 e. The smallest absolute Gasteiger partial charge is 0.410 e. The van der Waals surface area contributed by atoms with Gasteiger partial charge in [0.15, 0.2) is 0 Å². The number of nitrogen functional groups attached to an aromatic ring is 1. The number of hydrogen-bond acceptors (Lipinski definition) is 7. The van der Waals surface area contributed by atoms with Gasteiger partial charge in [-0.3, -0.25) is 9.20 Å². The number of carbonyl (C=O) groups is 2. The molecule has 3 fully saturated rings. The lowest BCUT2D eigenvalue weighted by Gasteiger charge is -2.33. The number of nitrogens with one attached hydrogen (secondary N) is 1. The first-order chi connectivity index (χ1) is 19.0. The van der Waals surface area contributed by atoms with Crippen LogP contribution in [0.15, 0.2) is 55.0 Å². The van der Waals surface area contributed by atoms with E-state index >= 15 is 0 Å². The number of amides is 2. The monoisotopic (exact) mass is 523 g/mol. The minimum absolute atomic E-state index is 0.0334. The highest BCUT2D eigenvalue weighted by Crippen LogP contribution is 2.40. The standard InChI is InChI=1S/C29H29N7O3/c1-16-22-9-8-21(15-36(22)29(38)39-16)27-34-24(25-26(30)32-12-13-35(25)27)18-4-6-19(7-5-18)28(37)33-23-14-20(10-11-31-23)17-2-3-17/h4-7,10-14,16-17,21-22H,2-3,8-9,15H2,1H3,(H2,30,32)(H,31,33,37). The zero-order valence-corrected chi connectivity index (χ0v) is 21.6. The molecule has 2 saturated heterocycles. The van der Waals surface area contributed by atoms with Crippen molar-refractivity contribution >= 4 is 29.2 Å². The Labute approximate surface area is 225 Å². The Hall–Kier alpha value is -4.47. The number of pyridine rings is 1. The average Bonchev–Trinajstić information content (AvgIpc) is 3.67. The zero-order valence-electron chi connectivity index (χ0n) is 21.6. The molecular weight excluding hydrogens is 494 g/mol. The molecule has 4 aromatic rings. The van der Waals surface area contributed by atoms with Crippen molar-refractivity contribution in [1.29, 1.82) is 0 Å². The molecule has 10 nitrogen and oxygen atoms in total. The molecule has 39 heavy (non-hydrogen) atoms. The lowest BCUT2D eigenvalue weighted by atomic mass is 9.91. The number of imidazole rings is 1. The predicted molar refractivity (Wildman–Crippen MR) is 145 cm³/mol. The van der Waals surface area contributed by atoms with E-state index in [1.54, 1.807) is 24.5 Å². The van der Waals surface area contributed by atoms with Crippen LogP contribution in [0.4, 0.5) is 16.4 Å². The molecule has 1 aromatic carbocycles. The fourth-order valence-electron chi connectivity index (χ4n) is 5.94. The predicted octanol–water partition coefficient (Wildman–Crippen LogP) is 4.59. The molecule has 3 atom stereocenters. The van der Waals surface area contributed by atoms with Gasteiger partial charge in [0.1, 0.15) is 34.8 Å². The number of rotatable bonds is 5. The van der Waals surface area contributed by atoms with Crippen molar-refractivity contribution in [1.82, 2.24) is 24.3 Å². The van der Waals surface area contributed by atoms with E-state index in [1.165, 1.54) is 18.4 Å². The van der Waals surface area contributed by atoms with Gasteiger partial charge in [0.05, 0.1) is 6.04 Å². The summed E-state index contributed by atoms with van der Waals surface area (Å²) in [5.41, 5.74) is 10.3. The second kappa shape index (κ2) is 9.07. The summed E-state index contributed by atoms with van der Waals surface area (Å²) >= 11 is 0. The van der Waals surface area contributed by atoms with Crippen LogP contribution in [0.5, 0.6) is 0 Å². The molecule has 3 aromatic heterocycles. The highest BCUT2D eigenvalue weighted by atomic mass is 16.6. The molecule has 198 valence electrons. The molecule has 3 N–H and O–H groups in total. The zero-order chi connectivity index (χ0) is 26.7. The molecule has 2 aliphatic heterocycles. The molecule has 7 rings (SSSR count). The minimum Gasteiger partial charge on any atom is -0.444 e. The van der Waals surface area contributed by atoms with Crippen LogP contribution >= 0.6 is 0 Å². The van der Waals surface area contributed by atoms with Crippen molar-refractivity contribution in [3.63, 3.8) is 0 Å². The number of aromatic nitrogens is 4. The molecule has 3 aliphatic rings.